The van der Waals surface area contributed by atoms with E-state index in [0.717, 1.165) is 5.52 Å². The molecule has 0 saturated carbocycles. The number of pyridine rings is 4. The summed E-state index contributed by atoms with van der Waals surface area (Å²) in [7, 11) is 0. The average molecular weight is 929 g/mol. The number of benzene rings is 10. The second-order valence-corrected chi connectivity index (χ2v) is 15.9. The molecule has 0 atom stereocenters. The van der Waals surface area contributed by atoms with Crippen LogP contribution in [0.5, 0.6) is 0 Å². The van der Waals surface area contributed by atoms with Crippen molar-refractivity contribution in [1.29, 1.82) is 0 Å². The van der Waals surface area contributed by atoms with E-state index in [1.807, 2.05) is 146 Å². The van der Waals surface area contributed by atoms with E-state index in [1.54, 1.807) is 12.4 Å². The van der Waals surface area contributed by atoms with Gasteiger partial charge >= 0.3 is 0 Å². The zero-order chi connectivity index (χ0) is 49.4. The van der Waals surface area contributed by atoms with Crippen LogP contribution in [-0.4, -0.2) is 19.9 Å². The van der Waals surface area contributed by atoms with Crippen molar-refractivity contribution in [3.05, 3.63) is 341 Å². The molecule has 0 aliphatic rings. The van der Waals surface area contributed by atoms with Crippen LogP contribution in [0.25, 0.3) is 64.8 Å². The lowest BCUT2D eigenvalue weighted by Crippen LogP contribution is -1.73. The number of hydrogen-bond acceptors (Lipinski definition) is 4. The van der Waals surface area contributed by atoms with Crippen LogP contribution in [0.15, 0.2) is 341 Å². The first-order chi connectivity index (χ1) is 35.8. The summed E-state index contributed by atoms with van der Waals surface area (Å²) >= 11 is 0. The van der Waals surface area contributed by atoms with Crippen LogP contribution >= 0.6 is 0 Å². The highest BCUT2D eigenvalue weighted by molar-refractivity contribution is 5.84. The van der Waals surface area contributed by atoms with E-state index >= 15 is 0 Å². The van der Waals surface area contributed by atoms with E-state index < -0.39 is 0 Å². The third kappa shape index (κ3) is 17.5. The van der Waals surface area contributed by atoms with Gasteiger partial charge in [-0.2, -0.15) is 0 Å². The first-order valence-corrected chi connectivity index (χ1v) is 23.8. The van der Waals surface area contributed by atoms with Crippen LogP contribution in [0.2, 0.25) is 0 Å². The SMILES string of the molecule is c1ccc2ccccc2c1.c1ccc2ccccc2c1.c1ccc2ccccc2c1.c1ccc2cnccc2c1.c1ccc2cnccc2c1.c1ccc2ncccc2c1.c1ccccc1.c1ccncc1. The van der Waals surface area contributed by atoms with Crippen molar-refractivity contribution in [3.63, 3.8) is 0 Å². The van der Waals surface area contributed by atoms with E-state index in [9.17, 15) is 0 Å². The lowest BCUT2D eigenvalue weighted by molar-refractivity contribution is 1.33. The molecule has 4 heteroatoms. The highest BCUT2D eigenvalue weighted by Crippen LogP contribution is 2.14. The summed E-state index contributed by atoms with van der Waals surface area (Å²) in [5, 5.41) is 14.0. The predicted molar refractivity (Wildman–Crippen MR) is 308 cm³/mol. The number of fused-ring (bicyclic) bond motifs is 6. The van der Waals surface area contributed by atoms with Crippen molar-refractivity contribution < 1.29 is 0 Å². The van der Waals surface area contributed by atoms with Gasteiger partial charge in [-0.3, -0.25) is 19.9 Å². The van der Waals surface area contributed by atoms with Crippen molar-refractivity contribution in [2.75, 3.05) is 0 Å². The summed E-state index contributed by atoms with van der Waals surface area (Å²) in [4.78, 5) is 16.0. The molecular formula is C68H56N4. The Bertz CT molecular complexity index is 2650. The minimum atomic E-state index is 1.06. The highest BCUT2D eigenvalue weighted by Gasteiger charge is 1.90. The number of nitrogens with zero attached hydrogens (tertiary/aromatic N) is 4. The smallest absolute Gasteiger partial charge is 0.0701 e. The average Bonchev–Trinajstić information content (AvgIpc) is 3.49. The summed E-state index contributed by atoms with van der Waals surface area (Å²) in [6.45, 7) is 0. The molecule has 14 aromatic rings. The maximum Gasteiger partial charge on any atom is 0.0701 e. The van der Waals surface area contributed by atoms with Gasteiger partial charge in [-0.15, -0.1) is 0 Å². The maximum atomic E-state index is 4.18. The van der Waals surface area contributed by atoms with E-state index in [4.69, 9.17) is 0 Å². The Balaban J connectivity index is 0.000000122. The molecule has 0 fully saturated rings. The van der Waals surface area contributed by atoms with Gasteiger partial charge in [-0.1, -0.05) is 261 Å². The number of para-hydroxylation sites is 1. The predicted octanol–water partition coefficient (Wildman–Crippen LogP) is 18.0. The van der Waals surface area contributed by atoms with Crippen LogP contribution in [0.4, 0.5) is 0 Å². The largest absolute Gasteiger partial charge is 0.265 e. The fourth-order valence-electron chi connectivity index (χ4n) is 7.17. The summed E-state index contributed by atoms with van der Waals surface area (Å²) in [6.07, 6.45) is 12.7. The Morgan fingerprint density at radius 3 is 0.667 bits per heavy atom. The standard InChI is InChI=1S/3C10H8.3C9H7N.C6H6.C5H5N/c3*1-2-6-10-8-4-3-7-9(10)5-1;1-2-6-9-8(4-1)5-3-7-10-9;2*1-2-4-9-7-10-6-5-8(9)3-1;2*1-2-4-6-5-3-1/h3*1-8H;3*1-7H;1-6H;1-5H. The molecule has 0 aliphatic carbocycles. The zero-order valence-corrected chi connectivity index (χ0v) is 40.1. The van der Waals surface area contributed by atoms with Gasteiger partial charge in [0.15, 0.2) is 0 Å². The van der Waals surface area contributed by atoms with Crippen molar-refractivity contribution in [3.8, 4) is 0 Å². The Morgan fingerprint density at radius 2 is 0.403 bits per heavy atom. The molecule has 0 aliphatic heterocycles. The minimum Gasteiger partial charge on any atom is -0.265 e. The molecule has 0 unspecified atom stereocenters. The van der Waals surface area contributed by atoms with Crippen LogP contribution in [0.1, 0.15) is 0 Å². The summed E-state index contributed by atoms with van der Waals surface area (Å²) < 4.78 is 0. The first-order valence-electron chi connectivity index (χ1n) is 23.8. The monoisotopic (exact) mass is 928 g/mol. The van der Waals surface area contributed by atoms with Crippen LogP contribution in [0.3, 0.4) is 0 Å². The van der Waals surface area contributed by atoms with Crippen molar-refractivity contribution in [2.45, 2.75) is 0 Å². The quantitative estimate of drug-likeness (QED) is 0.152. The first kappa shape index (κ1) is 50.2. The van der Waals surface area contributed by atoms with E-state index in [-0.39, 0.29) is 0 Å². The molecule has 0 spiro atoms. The lowest BCUT2D eigenvalue weighted by atomic mass is 10.1. The number of aromatic nitrogens is 4. The molecule has 4 aromatic heterocycles. The minimum absolute atomic E-state index is 1.06. The molecule has 348 valence electrons. The summed E-state index contributed by atoms with van der Waals surface area (Å²) in [6, 6.07) is 100. The highest BCUT2D eigenvalue weighted by atomic mass is 14.6. The Labute approximate surface area is 423 Å². The normalized spacial score (nSPS) is 9.67. The van der Waals surface area contributed by atoms with E-state index in [2.05, 4.69) is 202 Å². The Hall–Kier alpha value is -9.64. The fourth-order valence-corrected chi connectivity index (χ4v) is 7.17. The second-order valence-electron chi connectivity index (χ2n) is 15.9. The molecular weight excluding hydrogens is 873 g/mol. The van der Waals surface area contributed by atoms with Crippen LogP contribution in [-0.2, 0) is 0 Å². The van der Waals surface area contributed by atoms with Gasteiger partial charge in [-0.25, -0.2) is 0 Å². The molecule has 4 heterocycles. The van der Waals surface area contributed by atoms with Crippen molar-refractivity contribution in [1.82, 2.24) is 19.9 Å². The molecule has 4 nitrogen and oxygen atoms in total. The lowest BCUT2D eigenvalue weighted by Gasteiger charge is -1.92. The Morgan fingerprint density at radius 1 is 0.153 bits per heavy atom. The Kier molecular flexibility index (Phi) is 20.9. The van der Waals surface area contributed by atoms with Crippen molar-refractivity contribution >= 4 is 64.8 Å². The zero-order valence-electron chi connectivity index (χ0n) is 40.1. The summed E-state index contributed by atoms with van der Waals surface area (Å²) in [5.74, 6) is 0. The molecule has 10 aromatic carbocycles. The van der Waals surface area contributed by atoms with Crippen molar-refractivity contribution in [2.24, 2.45) is 0 Å². The molecule has 0 amide bonds. The van der Waals surface area contributed by atoms with E-state index in [1.165, 1.54) is 59.2 Å². The second kappa shape index (κ2) is 30.0. The molecule has 14 rings (SSSR count). The summed E-state index contributed by atoms with van der Waals surface area (Å²) in [5.41, 5.74) is 1.06. The molecule has 0 N–H and O–H groups in total. The van der Waals surface area contributed by atoms with Crippen LogP contribution < -0.4 is 0 Å². The van der Waals surface area contributed by atoms with Gasteiger partial charge in [0.25, 0.3) is 0 Å². The van der Waals surface area contributed by atoms with Gasteiger partial charge in [0.2, 0.25) is 0 Å². The maximum absolute atomic E-state index is 4.18. The van der Waals surface area contributed by atoms with E-state index in [0.29, 0.717) is 0 Å². The number of hydrogen-bond donors (Lipinski definition) is 0. The van der Waals surface area contributed by atoms with Gasteiger partial charge in [0.05, 0.1) is 5.52 Å². The van der Waals surface area contributed by atoms with Gasteiger partial charge < -0.3 is 0 Å². The molecule has 0 bridgehead atoms. The topological polar surface area (TPSA) is 51.6 Å². The van der Waals surface area contributed by atoms with Gasteiger partial charge in [0, 0.05) is 48.8 Å². The number of rotatable bonds is 0. The third-order valence-electron chi connectivity index (χ3n) is 10.8. The molecule has 0 radical (unpaired) electrons. The van der Waals surface area contributed by atoms with Gasteiger partial charge in [-0.05, 0) is 90.3 Å². The van der Waals surface area contributed by atoms with Crippen LogP contribution in [0, 0.1) is 0 Å². The van der Waals surface area contributed by atoms with Gasteiger partial charge in [0.1, 0.15) is 0 Å². The third-order valence-corrected chi connectivity index (χ3v) is 10.8. The molecule has 0 saturated heterocycles. The molecule has 72 heavy (non-hydrogen) atoms. The fraction of sp³-hybridized carbons (Fsp3) is 0.